The van der Waals surface area contributed by atoms with E-state index in [4.69, 9.17) is 9.47 Å². The van der Waals surface area contributed by atoms with Crippen molar-refractivity contribution < 1.29 is 43.1 Å². The molecule has 2 N–H and O–H groups in total. The van der Waals surface area contributed by atoms with Gasteiger partial charge in [0.2, 0.25) is 11.8 Å². The van der Waals surface area contributed by atoms with Crippen LogP contribution < -0.4 is 5.32 Å². The lowest BCUT2D eigenvalue weighted by Gasteiger charge is -2.49. The van der Waals surface area contributed by atoms with Gasteiger partial charge in [-0.2, -0.15) is 0 Å². The fourth-order valence-corrected chi connectivity index (χ4v) is 4.75. The van der Waals surface area contributed by atoms with Crippen molar-refractivity contribution in [3.05, 3.63) is 11.3 Å². The normalized spacial score (nSPS) is 27.1. The molecule has 3 heterocycles. The molecule has 2 saturated heterocycles. The van der Waals surface area contributed by atoms with Gasteiger partial charge in [-0.1, -0.05) is 0 Å². The Bertz CT molecular complexity index is 766. The molecule has 0 radical (unpaired) electrons. The van der Waals surface area contributed by atoms with Crippen LogP contribution >= 0.6 is 0 Å². The second-order valence-corrected chi connectivity index (χ2v) is 7.76. The van der Waals surface area contributed by atoms with Crippen molar-refractivity contribution in [1.82, 2.24) is 15.1 Å². The molecule has 0 aromatic heterocycles. The first-order valence-corrected chi connectivity index (χ1v) is 9.63. The highest BCUT2D eigenvalue weighted by atomic mass is 32.2. The van der Waals surface area contributed by atoms with Crippen LogP contribution in [0.4, 0.5) is 4.79 Å². The van der Waals surface area contributed by atoms with Crippen molar-refractivity contribution in [2.45, 2.75) is 31.1 Å². The summed E-state index contributed by atoms with van der Waals surface area (Å²) in [7, 11) is 0. The molecule has 3 unspecified atom stereocenters. The predicted octanol–water partition coefficient (Wildman–Crippen LogP) is -1.90. The fraction of sp³-hybridized carbons (Fsp3) is 0.533. The number of β-lactam (4-membered cyclic amide) rings is 1. The van der Waals surface area contributed by atoms with Crippen LogP contribution in [0.2, 0.25) is 0 Å². The maximum Gasteiger partial charge on any atom is 0.413 e. The third-order valence-corrected chi connectivity index (χ3v) is 6.10. The Morgan fingerprint density at radius 2 is 2.04 bits per heavy atom. The molecule has 4 atom stereocenters. The summed E-state index contributed by atoms with van der Waals surface area (Å²) in [6, 6.07) is -1.12. The van der Waals surface area contributed by atoms with Gasteiger partial charge in [-0.25, -0.2) is 9.59 Å². The van der Waals surface area contributed by atoms with Gasteiger partial charge in [-0.15, -0.1) is 0 Å². The molecule has 13 heteroatoms. The minimum absolute atomic E-state index is 0.257. The Balaban J connectivity index is 1.95. The molecule has 3 amide bonds. The average molecular weight is 415 g/mol. The minimum atomic E-state index is -1.83. The molecule has 0 aromatic carbocycles. The third-order valence-electron chi connectivity index (χ3n) is 4.49. The van der Waals surface area contributed by atoms with Crippen LogP contribution in [0.5, 0.6) is 0 Å². The highest BCUT2D eigenvalue weighted by Crippen LogP contribution is 2.38. The van der Waals surface area contributed by atoms with Gasteiger partial charge in [0.25, 0.3) is 12.2 Å². The Hall–Kier alpha value is -2.80. The number of fused-ring (bicyclic) bond motifs is 1. The van der Waals surface area contributed by atoms with Crippen molar-refractivity contribution >= 4 is 41.5 Å². The Morgan fingerprint density at radius 3 is 2.54 bits per heavy atom. The van der Waals surface area contributed by atoms with E-state index in [-0.39, 0.29) is 12.0 Å². The number of nitrogens with one attached hydrogen (secondary N) is 1. The van der Waals surface area contributed by atoms with Crippen LogP contribution in [0.1, 0.15) is 13.3 Å². The molecule has 152 valence electrons. The van der Waals surface area contributed by atoms with Gasteiger partial charge >= 0.3 is 18.0 Å². The average Bonchev–Trinajstić information content (AvgIpc) is 2.55. The SMILES string of the molecule is CC(=O)OC(OC(=O)N1CCC1)C1=C(C(=O)O)N2C(=O)C(NC=O)[C@@H]2[S+]([O-])C1. The highest BCUT2D eigenvalue weighted by molar-refractivity contribution is 7.92. The number of ether oxygens (including phenoxy) is 2. The number of rotatable bonds is 6. The molecule has 3 rings (SSSR count). The number of carbonyl (C=O) groups excluding carboxylic acids is 4. The molecule has 3 aliphatic heterocycles. The Labute approximate surface area is 161 Å². The van der Waals surface area contributed by atoms with Gasteiger partial charge in [0.05, 0.1) is 5.57 Å². The third kappa shape index (κ3) is 3.38. The van der Waals surface area contributed by atoms with Crippen LogP contribution in [0.3, 0.4) is 0 Å². The summed E-state index contributed by atoms with van der Waals surface area (Å²) in [5.41, 5.74) is -0.856. The van der Waals surface area contributed by atoms with Gasteiger partial charge < -0.3 is 29.3 Å². The lowest BCUT2D eigenvalue weighted by atomic mass is 10.0. The number of carbonyl (C=O) groups is 5. The van der Waals surface area contributed by atoms with Gasteiger partial charge in [-0.05, 0) is 17.6 Å². The van der Waals surface area contributed by atoms with E-state index in [2.05, 4.69) is 5.32 Å². The zero-order valence-electron chi connectivity index (χ0n) is 14.7. The number of nitrogens with zero attached hydrogens (tertiary/aromatic N) is 2. The molecular weight excluding hydrogens is 398 g/mol. The number of carboxylic acids is 1. The quantitative estimate of drug-likeness (QED) is 0.166. The Kier molecular flexibility index (Phi) is 5.47. The number of carboxylic acid groups (broad SMARTS) is 1. The number of hydrogen-bond donors (Lipinski definition) is 2. The lowest BCUT2D eigenvalue weighted by Crippen LogP contribution is -2.74. The smallest absolute Gasteiger partial charge is 0.413 e. The van der Waals surface area contributed by atoms with Crippen molar-refractivity contribution in [1.29, 1.82) is 0 Å². The monoisotopic (exact) mass is 415 g/mol. The second-order valence-electron chi connectivity index (χ2n) is 6.23. The molecule has 12 nitrogen and oxygen atoms in total. The summed E-state index contributed by atoms with van der Waals surface area (Å²) in [6.45, 7) is 1.91. The standard InChI is InChI=1S/C15H17N3O9S/c1-7(20)26-14(27-15(24)17-3-2-4-17)8-5-28(25)12-9(16-6-19)11(21)18(12)10(8)13(22)23/h6,9,12,14H,2-5H2,1H3,(H,16,19)(H,22,23)/t9?,12-,14?,28?/m0/s1. The molecule has 2 fully saturated rings. The number of hydrogen-bond acceptors (Lipinski definition) is 8. The van der Waals surface area contributed by atoms with Gasteiger partial charge in [0, 0.05) is 20.0 Å². The van der Waals surface area contributed by atoms with Crippen molar-refractivity contribution in [3.63, 3.8) is 0 Å². The summed E-state index contributed by atoms with van der Waals surface area (Å²) in [5.74, 6) is -3.61. The molecular formula is C15H17N3O9S. The molecule has 0 aliphatic carbocycles. The summed E-state index contributed by atoms with van der Waals surface area (Å²) >= 11 is -1.83. The number of likely N-dealkylation sites (tertiary alicyclic amines) is 1. The van der Waals surface area contributed by atoms with E-state index < -0.39 is 64.3 Å². The molecule has 28 heavy (non-hydrogen) atoms. The summed E-state index contributed by atoms with van der Waals surface area (Å²) in [6.07, 6.45) is -1.53. The predicted molar refractivity (Wildman–Crippen MR) is 89.5 cm³/mol. The van der Waals surface area contributed by atoms with E-state index in [1.165, 1.54) is 4.90 Å². The molecule has 0 spiro atoms. The van der Waals surface area contributed by atoms with E-state index in [0.29, 0.717) is 13.1 Å². The van der Waals surface area contributed by atoms with Crippen molar-refractivity contribution in [2.24, 2.45) is 0 Å². The molecule has 0 aromatic rings. The first kappa shape index (κ1) is 19.9. The van der Waals surface area contributed by atoms with Crippen LogP contribution in [0.25, 0.3) is 0 Å². The topological polar surface area (TPSA) is 166 Å². The Morgan fingerprint density at radius 1 is 1.36 bits per heavy atom. The second kappa shape index (κ2) is 7.67. The van der Waals surface area contributed by atoms with Gasteiger partial charge in [-0.3, -0.25) is 19.3 Å². The largest absolute Gasteiger partial charge is 0.614 e. The van der Waals surface area contributed by atoms with Crippen LogP contribution in [0.15, 0.2) is 11.3 Å². The van der Waals surface area contributed by atoms with Crippen molar-refractivity contribution in [2.75, 3.05) is 18.8 Å². The van der Waals surface area contributed by atoms with Crippen LogP contribution in [-0.2, 0) is 39.8 Å². The minimum Gasteiger partial charge on any atom is -0.614 e. The van der Waals surface area contributed by atoms with E-state index in [0.717, 1.165) is 18.2 Å². The first-order chi connectivity index (χ1) is 13.3. The number of aliphatic carboxylic acids is 1. The number of esters is 1. The highest BCUT2D eigenvalue weighted by Gasteiger charge is 2.61. The van der Waals surface area contributed by atoms with Crippen LogP contribution in [-0.4, -0.2) is 86.4 Å². The zero-order valence-corrected chi connectivity index (χ0v) is 15.5. The molecule has 3 aliphatic rings. The molecule has 0 saturated carbocycles. The first-order valence-electron chi connectivity index (χ1n) is 8.25. The molecule has 0 bridgehead atoms. The summed E-state index contributed by atoms with van der Waals surface area (Å²) in [5, 5.41) is 10.7. The summed E-state index contributed by atoms with van der Waals surface area (Å²) in [4.78, 5) is 60.4. The van der Waals surface area contributed by atoms with Crippen molar-refractivity contribution in [3.8, 4) is 0 Å². The van der Waals surface area contributed by atoms with E-state index in [1.54, 1.807) is 0 Å². The van der Waals surface area contributed by atoms with Crippen LogP contribution in [0, 0.1) is 0 Å². The van der Waals surface area contributed by atoms with E-state index in [1.807, 2.05) is 0 Å². The summed E-state index contributed by atoms with van der Waals surface area (Å²) < 4.78 is 22.7. The van der Waals surface area contributed by atoms with E-state index in [9.17, 15) is 33.6 Å². The van der Waals surface area contributed by atoms with E-state index >= 15 is 0 Å². The van der Waals surface area contributed by atoms with Gasteiger partial charge in [0.15, 0.2) is 6.04 Å². The van der Waals surface area contributed by atoms with Gasteiger partial charge in [0.1, 0.15) is 11.4 Å². The lowest BCUT2D eigenvalue weighted by molar-refractivity contribution is -0.162. The zero-order chi connectivity index (χ0) is 20.6. The maximum absolute atomic E-state index is 12.6. The number of amides is 3. The maximum atomic E-state index is 12.6. The fourth-order valence-electron chi connectivity index (χ4n) is 3.06.